The first kappa shape index (κ1) is 20.1. The summed E-state index contributed by atoms with van der Waals surface area (Å²) in [6, 6.07) is 11.4. The average Bonchev–Trinajstić information content (AvgIpc) is 3.50. The van der Waals surface area contributed by atoms with E-state index in [9.17, 15) is 13.2 Å². The molecule has 0 atom stereocenters. The SMILES string of the molecule is CCc1ccc(CC)c(CNS(=O)(=O)c2ccc3c(c2)CCN3C(=O)C2CC2)c1. The van der Waals surface area contributed by atoms with Crippen molar-refractivity contribution in [1.29, 1.82) is 0 Å². The molecule has 2 aromatic rings. The molecule has 0 aromatic heterocycles. The summed E-state index contributed by atoms with van der Waals surface area (Å²) >= 11 is 0. The molecule has 1 amide bonds. The minimum atomic E-state index is -3.62. The van der Waals surface area contributed by atoms with Gasteiger partial charge in [-0.1, -0.05) is 32.0 Å². The summed E-state index contributed by atoms with van der Waals surface area (Å²) < 4.78 is 28.6. The number of benzene rings is 2. The molecule has 1 fully saturated rings. The van der Waals surface area contributed by atoms with Gasteiger partial charge in [0.15, 0.2) is 0 Å². The minimum absolute atomic E-state index is 0.165. The second-order valence-corrected chi connectivity index (χ2v) is 9.71. The number of nitrogens with one attached hydrogen (secondary N) is 1. The van der Waals surface area contributed by atoms with Crippen molar-refractivity contribution in [2.75, 3.05) is 11.4 Å². The summed E-state index contributed by atoms with van der Waals surface area (Å²) in [6.45, 7) is 5.10. The zero-order valence-electron chi connectivity index (χ0n) is 17.1. The van der Waals surface area contributed by atoms with E-state index in [4.69, 9.17) is 0 Å². The number of carbonyl (C=O) groups is 1. The number of nitrogens with zero attached hydrogens (tertiary/aromatic N) is 1. The predicted octanol–water partition coefficient (Wildman–Crippen LogP) is 3.59. The predicted molar refractivity (Wildman–Crippen MR) is 114 cm³/mol. The van der Waals surface area contributed by atoms with Crippen LogP contribution in [0.2, 0.25) is 0 Å². The zero-order chi connectivity index (χ0) is 20.6. The first-order valence-corrected chi connectivity index (χ1v) is 12.0. The lowest BCUT2D eigenvalue weighted by molar-refractivity contribution is -0.119. The van der Waals surface area contributed by atoms with Crippen LogP contribution in [0, 0.1) is 5.92 Å². The molecule has 0 spiro atoms. The molecule has 1 aliphatic heterocycles. The van der Waals surface area contributed by atoms with Gasteiger partial charge in [0.05, 0.1) is 4.90 Å². The number of hydrogen-bond acceptors (Lipinski definition) is 3. The van der Waals surface area contributed by atoms with E-state index in [1.165, 1.54) is 5.56 Å². The Bertz CT molecular complexity index is 1040. The molecule has 1 heterocycles. The van der Waals surface area contributed by atoms with Gasteiger partial charge in [-0.25, -0.2) is 13.1 Å². The van der Waals surface area contributed by atoms with Gasteiger partial charge >= 0.3 is 0 Å². The second kappa shape index (κ2) is 7.92. The number of rotatable bonds is 7. The van der Waals surface area contributed by atoms with Crippen molar-refractivity contribution in [2.24, 2.45) is 5.92 Å². The summed E-state index contributed by atoms with van der Waals surface area (Å²) in [5.41, 5.74) is 5.19. The Morgan fingerprint density at radius 2 is 1.86 bits per heavy atom. The molecule has 6 heteroatoms. The van der Waals surface area contributed by atoms with Crippen LogP contribution in [0.4, 0.5) is 5.69 Å². The molecule has 1 aliphatic carbocycles. The van der Waals surface area contributed by atoms with E-state index in [1.54, 1.807) is 18.2 Å². The molecule has 1 saturated carbocycles. The smallest absolute Gasteiger partial charge is 0.240 e. The topological polar surface area (TPSA) is 66.5 Å². The van der Waals surface area contributed by atoms with Crippen molar-refractivity contribution in [3.63, 3.8) is 0 Å². The highest BCUT2D eigenvalue weighted by Gasteiger charge is 2.36. The third kappa shape index (κ3) is 4.09. The van der Waals surface area contributed by atoms with Crippen LogP contribution in [-0.4, -0.2) is 20.9 Å². The molecule has 4 rings (SSSR count). The highest BCUT2D eigenvalue weighted by Crippen LogP contribution is 2.37. The maximum atomic E-state index is 12.9. The lowest BCUT2D eigenvalue weighted by Crippen LogP contribution is -2.30. The van der Waals surface area contributed by atoms with E-state index in [-0.39, 0.29) is 23.3 Å². The Kier molecular flexibility index (Phi) is 5.49. The van der Waals surface area contributed by atoms with Gasteiger partial charge in [0.25, 0.3) is 0 Å². The molecule has 29 heavy (non-hydrogen) atoms. The molecule has 0 radical (unpaired) electrons. The standard InChI is InChI=1S/C23H28N2O3S/c1-3-16-5-6-17(4-2)20(13-16)15-24-29(27,28)21-9-10-22-19(14-21)11-12-25(22)23(26)18-7-8-18/h5-6,9-10,13-14,18,24H,3-4,7-8,11-12,15H2,1-2H3. The Morgan fingerprint density at radius 3 is 2.55 bits per heavy atom. The van der Waals surface area contributed by atoms with E-state index in [2.05, 4.69) is 36.8 Å². The highest BCUT2D eigenvalue weighted by atomic mass is 32.2. The second-order valence-electron chi connectivity index (χ2n) is 7.94. The molecule has 5 nitrogen and oxygen atoms in total. The van der Waals surface area contributed by atoms with Gasteiger partial charge in [-0.2, -0.15) is 0 Å². The van der Waals surface area contributed by atoms with E-state index in [1.807, 2.05) is 4.90 Å². The zero-order valence-corrected chi connectivity index (χ0v) is 17.9. The minimum Gasteiger partial charge on any atom is -0.312 e. The average molecular weight is 413 g/mol. The first-order valence-electron chi connectivity index (χ1n) is 10.5. The van der Waals surface area contributed by atoms with Gasteiger partial charge in [-0.05, 0) is 72.6 Å². The third-order valence-corrected chi connectivity index (χ3v) is 7.36. The maximum Gasteiger partial charge on any atom is 0.240 e. The van der Waals surface area contributed by atoms with Gasteiger partial charge < -0.3 is 4.90 Å². The summed E-state index contributed by atoms with van der Waals surface area (Å²) in [5, 5.41) is 0. The van der Waals surface area contributed by atoms with Crippen molar-refractivity contribution in [3.8, 4) is 0 Å². The maximum absolute atomic E-state index is 12.9. The van der Waals surface area contributed by atoms with Crippen molar-refractivity contribution < 1.29 is 13.2 Å². The summed E-state index contributed by atoms with van der Waals surface area (Å²) in [4.78, 5) is 14.5. The number of carbonyl (C=O) groups excluding carboxylic acids is 1. The highest BCUT2D eigenvalue weighted by molar-refractivity contribution is 7.89. The van der Waals surface area contributed by atoms with Crippen LogP contribution in [-0.2, 0) is 40.6 Å². The number of aryl methyl sites for hydroxylation is 2. The number of anilines is 1. The fourth-order valence-electron chi connectivity index (χ4n) is 3.99. The van der Waals surface area contributed by atoms with Crippen molar-refractivity contribution in [2.45, 2.75) is 57.4 Å². The van der Waals surface area contributed by atoms with Gasteiger partial charge in [0, 0.05) is 24.7 Å². The van der Waals surface area contributed by atoms with E-state index in [0.717, 1.165) is 48.1 Å². The van der Waals surface area contributed by atoms with Crippen LogP contribution < -0.4 is 9.62 Å². The largest absolute Gasteiger partial charge is 0.312 e. The van der Waals surface area contributed by atoms with Gasteiger partial charge in [-0.3, -0.25) is 4.79 Å². The van der Waals surface area contributed by atoms with Crippen LogP contribution in [0.15, 0.2) is 41.3 Å². The number of fused-ring (bicyclic) bond motifs is 1. The molecule has 154 valence electrons. The normalized spacial score (nSPS) is 16.1. The lowest BCUT2D eigenvalue weighted by Gasteiger charge is -2.17. The van der Waals surface area contributed by atoms with E-state index < -0.39 is 10.0 Å². The summed E-state index contributed by atoms with van der Waals surface area (Å²) in [6.07, 6.45) is 4.44. The summed E-state index contributed by atoms with van der Waals surface area (Å²) in [5.74, 6) is 0.345. The molecule has 0 unspecified atom stereocenters. The van der Waals surface area contributed by atoms with Crippen molar-refractivity contribution in [1.82, 2.24) is 4.72 Å². The van der Waals surface area contributed by atoms with Crippen molar-refractivity contribution >= 4 is 21.6 Å². The summed E-state index contributed by atoms with van der Waals surface area (Å²) in [7, 11) is -3.62. The van der Waals surface area contributed by atoms with Gasteiger partial charge in [0.1, 0.15) is 0 Å². The Hall–Kier alpha value is -2.18. The van der Waals surface area contributed by atoms with Crippen LogP contribution in [0.1, 0.15) is 48.9 Å². The monoisotopic (exact) mass is 412 g/mol. The molecule has 0 saturated heterocycles. The lowest BCUT2D eigenvalue weighted by atomic mass is 10.0. The van der Waals surface area contributed by atoms with Crippen LogP contribution in [0.25, 0.3) is 0 Å². The Balaban J connectivity index is 1.52. The fourth-order valence-corrected chi connectivity index (χ4v) is 5.05. The third-order valence-electron chi connectivity index (χ3n) is 5.96. The Morgan fingerprint density at radius 1 is 1.07 bits per heavy atom. The Labute approximate surface area is 173 Å². The van der Waals surface area contributed by atoms with Crippen LogP contribution in [0.3, 0.4) is 0 Å². The molecule has 2 aliphatic rings. The molecular formula is C23H28N2O3S. The van der Waals surface area contributed by atoms with Gasteiger partial charge in [-0.15, -0.1) is 0 Å². The molecule has 0 bridgehead atoms. The number of amides is 1. The van der Waals surface area contributed by atoms with Crippen LogP contribution >= 0.6 is 0 Å². The number of hydrogen-bond donors (Lipinski definition) is 1. The van der Waals surface area contributed by atoms with Gasteiger partial charge in [0.2, 0.25) is 15.9 Å². The fraction of sp³-hybridized carbons (Fsp3) is 0.435. The molecular weight excluding hydrogens is 384 g/mol. The first-order chi connectivity index (χ1) is 13.9. The van der Waals surface area contributed by atoms with Crippen molar-refractivity contribution in [3.05, 3.63) is 58.7 Å². The molecule has 1 N–H and O–H groups in total. The quantitative estimate of drug-likeness (QED) is 0.756. The number of sulfonamides is 1. The van der Waals surface area contributed by atoms with Crippen LogP contribution in [0.5, 0.6) is 0 Å². The van der Waals surface area contributed by atoms with E-state index >= 15 is 0 Å². The molecule has 2 aromatic carbocycles. The van der Waals surface area contributed by atoms with E-state index in [0.29, 0.717) is 13.0 Å².